The van der Waals surface area contributed by atoms with Gasteiger partial charge in [-0.2, -0.15) is 9.13 Å². The van der Waals surface area contributed by atoms with Crippen molar-refractivity contribution in [3.8, 4) is 34.2 Å². The summed E-state index contributed by atoms with van der Waals surface area (Å²) in [5.41, 5.74) is 17.4. The van der Waals surface area contributed by atoms with Gasteiger partial charge in [0.25, 0.3) is 0 Å². The molecule has 2 aromatic carbocycles. The largest absolute Gasteiger partial charge is 0.308 e. The molecule has 4 nitrogen and oxygen atoms in total. The molecule has 0 fully saturated rings. The van der Waals surface area contributed by atoms with E-state index in [4.69, 9.17) is 0 Å². The summed E-state index contributed by atoms with van der Waals surface area (Å²) in [6.45, 7) is 22.8. The van der Waals surface area contributed by atoms with Crippen LogP contribution in [0.25, 0.3) is 34.2 Å². The van der Waals surface area contributed by atoms with E-state index in [2.05, 4.69) is 199 Å². The lowest BCUT2D eigenvalue weighted by molar-refractivity contribution is -0.687. The lowest BCUT2D eigenvalue weighted by Gasteiger charge is -2.23. The summed E-state index contributed by atoms with van der Waals surface area (Å²) < 4.78 is 9.76. The van der Waals surface area contributed by atoms with E-state index in [0.29, 0.717) is 11.8 Å². The molecule has 0 atom stereocenters. The Morgan fingerprint density at radius 2 is 0.878 bits per heavy atom. The van der Waals surface area contributed by atoms with E-state index >= 15 is 0 Å². The lowest BCUT2D eigenvalue weighted by atomic mass is 9.83. The molecule has 0 amide bonds. The van der Waals surface area contributed by atoms with E-state index < -0.39 is 0 Å². The summed E-state index contributed by atoms with van der Waals surface area (Å²) in [5.74, 6) is 0.842. The fourth-order valence-electron chi connectivity index (χ4n) is 8.24. The smallest absolute Gasteiger partial charge is 0.229 e. The molecule has 0 N–H and O–H groups in total. The fourth-order valence-corrected chi connectivity index (χ4v) is 8.24. The second-order valence-electron chi connectivity index (χ2n) is 15.1. The highest BCUT2D eigenvalue weighted by atomic mass is 15.1. The minimum absolute atomic E-state index is 0.304. The number of para-hydroxylation sites is 2. The molecule has 6 rings (SSSR count). The summed E-state index contributed by atoms with van der Waals surface area (Å²) in [7, 11) is 4.47. The first-order valence-electron chi connectivity index (χ1n) is 17.8. The SMILES string of the molecule is Cc1cc(C)n(-c2ccccc2C(C)C)c1-c1cccc(C(C)(C)c2cccc(-c3c(C)cc(C)n3-c3ccccc3C(C)C)[n+]2C)[n+]1C. The highest BCUT2D eigenvalue weighted by molar-refractivity contribution is 5.66. The van der Waals surface area contributed by atoms with Crippen molar-refractivity contribution in [1.82, 2.24) is 9.13 Å². The van der Waals surface area contributed by atoms with Gasteiger partial charge in [0.05, 0.1) is 0 Å². The summed E-state index contributed by atoms with van der Waals surface area (Å²) in [5, 5.41) is 0. The van der Waals surface area contributed by atoms with Crippen LogP contribution in [0.3, 0.4) is 0 Å². The van der Waals surface area contributed by atoms with Crippen LogP contribution in [0.1, 0.15) is 98.4 Å². The molecule has 0 unspecified atom stereocenters. The molecule has 0 saturated carbocycles. The van der Waals surface area contributed by atoms with Gasteiger partial charge < -0.3 is 9.13 Å². The molecule has 4 heterocycles. The molecule has 0 spiro atoms. The predicted octanol–water partition coefficient (Wildman–Crippen LogP) is 10.1. The zero-order chi connectivity index (χ0) is 35.4. The molecule has 49 heavy (non-hydrogen) atoms. The number of aryl methyl sites for hydroxylation is 4. The van der Waals surface area contributed by atoms with Crippen LogP contribution >= 0.6 is 0 Å². The third kappa shape index (κ3) is 5.75. The first-order chi connectivity index (χ1) is 23.2. The minimum atomic E-state index is -0.304. The van der Waals surface area contributed by atoms with E-state index in [9.17, 15) is 0 Å². The van der Waals surface area contributed by atoms with E-state index in [0.717, 1.165) is 0 Å². The van der Waals surface area contributed by atoms with Crippen LogP contribution in [0, 0.1) is 27.7 Å². The highest BCUT2D eigenvalue weighted by Gasteiger charge is 2.40. The summed E-state index contributed by atoms with van der Waals surface area (Å²) >= 11 is 0. The molecule has 0 radical (unpaired) electrons. The standard InChI is InChI=1S/C45H54N4/c1-29(2)35-19-13-15-21-37(35)48-33(7)27-31(5)43(48)39-23-17-25-41(46(39)11)45(9,10)42-26-18-24-40(47(42)12)44-32(6)28-34(8)49(44)38-22-16-14-20-36(38)30(3)4/h13-30H,1-12H3/q+2. The van der Waals surface area contributed by atoms with Gasteiger partial charge >= 0.3 is 0 Å². The van der Waals surface area contributed by atoms with Gasteiger partial charge in [-0.25, -0.2) is 0 Å². The Morgan fingerprint density at radius 1 is 0.510 bits per heavy atom. The molecule has 0 bridgehead atoms. The monoisotopic (exact) mass is 650 g/mol. The zero-order valence-electron chi connectivity index (χ0n) is 31.7. The van der Waals surface area contributed by atoms with Gasteiger partial charge in [0.15, 0.2) is 11.4 Å². The van der Waals surface area contributed by atoms with Crippen molar-refractivity contribution < 1.29 is 9.13 Å². The third-order valence-electron chi connectivity index (χ3n) is 10.6. The maximum Gasteiger partial charge on any atom is 0.229 e. The summed E-state index contributed by atoms with van der Waals surface area (Å²) in [6.07, 6.45) is 0. The maximum absolute atomic E-state index is 2.46. The molecular weight excluding hydrogens is 597 g/mol. The number of nitrogens with zero attached hydrogens (tertiary/aromatic N) is 4. The Kier molecular flexibility index (Phi) is 9.04. The van der Waals surface area contributed by atoms with Gasteiger partial charge in [0, 0.05) is 47.0 Å². The minimum Gasteiger partial charge on any atom is -0.308 e. The number of aromatic nitrogens is 4. The Labute approximate surface area is 294 Å². The van der Waals surface area contributed by atoms with E-state index in [1.807, 2.05) is 0 Å². The van der Waals surface area contributed by atoms with Gasteiger partial charge in [-0.1, -0.05) is 64.1 Å². The average Bonchev–Trinajstić information content (AvgIpc) is 3.52. The van der Waals surface area contributed by atoms with Gasteiger partial charge in [-0.15, -0.1) is 0 Å². The van der Waals surface area contributed by atoms with Crippen molar-refractivity contribution in [2.24, 2.45) is 14.1 Å². The van der Waals surface area contributed by atoms with Crippen molar-refractivity contribution in [2.45, 2.75) is 86.5 Å². The normalized spacial score (nSPS) is 12.0. The summed E-state index contributed by atoms with van der Waals surface area (Å²) in [4.78, 5) is 0. The average molecular weight is 651 g/mol. The van der Waals surface area contributed by atoms with Crippen LogP contribution in [0.5, 0.6) is 0 Å². The molecular formula is C45H54N4+2. The Balaban J connectivity index is 1.52. The first kappa shape index (κ1) is 34.2. The molecule has 0 aliphatic heterocycles. The molecule has 4 heteroatoms. The Bertz CT molecular complexity index is 2020. The van der Waals surface area contributed by atoms with E-state index in [1.54, 1.807) is 0 Å². The van der Waals surface area contributed by atoms with Crippen molar-refractivity contribution in [3.05, 3.63) is 142 Å². The number of pyridine rings is 2. The van der Waals surface area contributed by atoms with Gasteiger partial charge in [-0.05, 0) is 112 Å². The van der Waals surface area contributed by atoms with Crippen molar-refractivity contribution in [3.63, 3.8) is 0 Å². The first-order valence-corrected chi connectivity index (χ1v) is 17.8. The van der Waals surface area contributed by atoms with Crippen molar-refractivity contribution >= 4 is 0 Å². The van der Waals surface area contributed by atoms with E-state index in [1.165, 1.54) is 79.2 Å². The van der Waals surface area contributed by atoms with Crippen LogP contribution in [0.15, 0.2) is 97.1 Å². The van der Waals surface area contributed by atoms with Crippen LogP contribution in [0.2, 0.25) is 0 Å². The molecule has 0 aliphatic carbocycles. The van der Waals surface area contributed by atoms with Crippen molar-refractivity contribution in [1.29, 1.82) is 0 Å². The molecule has 0 saturated heterocycles. The van der Waals surface area contributed by atoms with Crippen LogP contribution in [-0.4, -0.2) is 9.13 Å². The van der Waals surface area contributed by atoms with E-state index in [-0.39, 0.29) is 5.41 Å². The number of rotatable bonds is 8. The van der Waals surface area contributed by atoms with Crippen molar-refractivity contribution in [2.75, 3.05) is 0 Å². The second kappa shape index (κ2) is 13.0. The number of hydrogen-bond donors (Lipinski definition) is 0. The number of benzene rings is 2. The summed E-state index contributed by atoms with van der Waals surface area (Å²) in [6, 6.07) is 36.0. The van der Waals surface area contributed by atoms with Gasteiger partial charge in [0.2, 0.25) is 11.4 Å². The molecule has 0 aliphatic rings. The molecule has 4 aromatic heterocycles. The topological polar surface area (TPSA) is 17.6 Å². The van der Waals surface area contributed by atoms with Gasteiger partial charge in [0.1, 0.15) is 30.9 Å². The lowest BCUT2D eigenvalue weighted by Crippen LogP contribution is -2.49. The Morgan fingerprint density at radius 3 is 1.24 bits per heavy atom. The predicted molar refractivity (Wildman–Crippen MR) is 204 cm³/mol. The van der Waals surface area contributed by atoms with Gasteiger partial charge in [-0.3, -0.25) is 0 Å². The second-order valence-corrected chi connectivity index (χ2v) is 15.1. The maximum atomic E-state index is 2.46. The Hall–Kier alpha value is -4.70. The fraction of sp³-hybridized carbons (Fsp3) is 0.333. The zero-order valence-corrected chi connectivity index (χ0v) is 31.7. The third-order valence-corrected chi connectivity index (χ3v) is 10.6. The highest BCUT2D eigenvalue weighted by Crippen LogP contribution is 2.36. The number of hydrogen-bond acceptors (Lipinski definition) is 0. The quantitative estimate of drug-likeness (QED) is 0.146. The van der Waals surface area contributed by atoms with Crippen LogP contribution < -0.4 is 9.13 Å². The van der Waals surface area contributed by atoms with Crippen LogP contribution in [-0.2, 0) is 19.5 Å². The van der Waals surface area contributed by atoms with Crippen LogP contribution in [0.4, 0.5) is 0 Å². The molecule has 6 aromatic rings. The molecule has 252 valence electrons.